The Kier molecular flexibility index (Phi) is 4.70. The van der Waals surface area contributed by atoms with Gasteiger partial charge in [-0.15, -0.1) is 0 Å². The zero-order valence-corrected chi connectivity index (χ0v) is 8.86. The van der Waals surface area contributed by atoms with Gasteiger partial charge in [0, 0.05) is 7.11 Å². The van der Waals surface area contributed by atoms with E-state index in [9.17, 15) is 5.02 Å². The minimum atomic E-state index is -0.638. The van der Waals surface area contributed by atoms with E-state index in [-0.39, 0.29) is 0 Å². The van der Waals surface area contributed by atoms with E-state index in [0.29, 0.717) is 6.32 Å². The quantitative estimate of drug-likeness (QED) is 0.722. The molecule has 1 aromatic rings. The average Bonchev–Trinajstić information content (AvgIpc) is 2.26. The lowest BCUT2D eigenvalue weighted by atomic mass is 9.82. The van der Waals surface area contributed by atoms with E-state index in [4.69, 9.17) is 4.65 Å². The van der Waals surface area contributed by atoms with Gasteiger partial charge in [-0.2, -0.15) is 0 Å². The highest BCUT2D eigenvalue weighted by Crippen LogP contribution is 2.08. The van der Waals surface area contributed by atoms with Gasteiger partial charge < -0.3 is 9.68 Å². The number of benzene rings is 1. The highest BCUT2D eigenvalue weighted by Gasteiger charge is 2.09. The van der Waals surface area contributed by atoms with Gasteiger partial charge in [-0.1, -0.05) is 31.2 Å². The Bertz CT molecular complexity index is 258. The SMILES string of the molecule is CCc1ccc(CCB(O)OC)cc1. The molecule has 0 fully saturated rings. The Balaban J connectivity index is 2.43. The molecule has 0 bridgehead atoms. The van der Waals surface area contributed by atoms with Crippen LogP contribution in [0, 0.1) is 0 Å². The summed E-state index contributed by atoms with van der Waals surface area (Å²) >= 11 is 0. The molecule has 0 aliphatic heterocycles. The molecule has 1 aromatic carbocycles. The van der Waals surface area contributed by atoms with Crippen molar-refractivity contribution in [2.45, 2.75) is 26.1 Å². The first-order valence-electron chi connectivity index (χ1n) is 5.05. The van der Waals surface area contributed by atoms with E-state index in [0.717, 1.165) is 12.8 Å². The summed E-state index contributed by atoms with van der Waals surface area (Å²) in [4.78, 5) is 0. The number of hydrogen-bond donors (Lipinski definition) is 1. The van der Waals surface area contributed by atoms with Crippen molar-refractivity contribution in [2.75, 3.05) is 7.11 Å². The maximum absolute atomic E-state index is 9.20. The van der Waals surface area contributed by atoms with Crippen LogP contribution in [0.15, 0.2) is 24.3 Å². The van der Waals surface area contributed by atoms with Crippen LogP contribution in [0.1, 0.15) is 18.1 Å². The van der Waals surface area contributed by atoms with Crippen molar-refractivity contribution in [2.24, 2.45) is 0 Å². The summed E-state index contributed by atoms with van der Waals surface area (Å²) in [5.74, 6) is 0. The molecule has 0 spiro atoms. The topological polar surface area (TPSA) is 29.5 Å². The first-order chi connectivity index (χ1) is 6.76. The van der Waals surface area contributed by atoms with Gasteiger partial charge in [0.15, 0.2) is 0 Å². The summed E-state index contributed by atoms with van der Waals surface area (Å²) in [7, 11) is 0.881. The summed E-state index contributed by atoms with van der Waals surface area (Å²) in [6, 6.07) is 8.49. The third-order valence-corrected chi connectivity index (χ3v) is 2.38. The van der Waals surface area contributed by atoms with Crippen LogP contribution in [0.4, 0.5) is 0 Å². The van der Waals surface area contributed by atoms with E-state index < -0.39 is 7.12 Å². The van der Waals surface area contributed by atoms with Gasteiger partial charge >= 0.3 is 7.12 Å². The van der Waals surface area contributed by atoms with Gasteiger partial charge in [-0.25, -0.2) is 0 Å². The molecule has 0 radical (unpaired) electrons. The molecular formula is C11H17BO2. The number of rotatable bonds is 5. The highest BCUT2D eigenvalue weighted by molar-refractivity contribution is 6.42. The molecule has 14 heavy (non-hydrogen) atoms. The third-order valence-electron chi connectivity index (χ3n) is 2.38. The molecule has 3 heteroatoms. The smallest absolute Gasteiger partial charge is 0.427 e. The maximum Gasteiger partial charge on any atom is 0.454 e. The van der Waals surface area contributed by atoms with E-state index >= 15 is 0 Å². The van der Waals surface area contributed by atoms with Gasteiger partial charge in [-0.05, 0) is 30.3 Å². The Morgan fingerprint density at radius 2 is 1.79 bits per heavy atom. The fourth-order valence-corrected chi connectivity index (χ4v) is 1.35. The third kappa shape index (κ3) is 3.52. The van der Waals surface area contributed by atoms with Crippen molar-refractivity contribution in [3.63, 3.8) is 0 Å². The van der Waals surface area contributed by atoms with Crippen molar-refractivity contribution in [1.29, 1.82) is 0 Å². The lowest BCUT2D eigenvalue weighted by molar-refractivity contribution is 0.326. The molecule has 0 amide bonds. The summed E-state index contributed by atoms with van der Waals surface area (Å²) < 4.78 is 4.77. The standard InChI is InChI=1S/C11H17BO2/c1-3-10-4-6-11(7-5-10)8-9-12(13)14-2/h4-7,13H,3,8-9H2,1-2H3. The van der Waals surface area contributed by atoms with E-state index in [1.807, 2.05) is 0 Å². The molecule has 1 N–H and O–H groups in total. The van der Waals surface area contributed by atoms with Gasteiger partial charge in [0.1, 0.15) is 0 Å². The molecule has 0 unspecified atom stereocenters. The first kappa shape index (κ1) is 11.3. The molecular weight excluding hydrogens is 175 g/mol. The molecule has 76 valence electrons. The second-order valence-corrected chi connectivity index (χ2v) is 3.40. The van der Waals surface area contributed by atoms with Gasteiger partial charge in [-0.3, -0.25) is 0 Å². The second kappa shape index (κ2) is 5.84. The van der Waals surface area contributed by atoms with Crippen LogP contribution in [0.5, 0.6) is 0 Å². The Morgan fingerprint density at radius 1 is 1.21 bits per heavy atom. The molecule has 0 atom stereocenters. The van der Waals surface area contributed by atoms with Crippen LogP contribution < -0.4 is 0 Å². The molecule has 0 aliphatic rings. The van der Waals surface area contributed by atoms with Crippen LogP contribution in [0.3, 0.4) is 0 Å². The molecule has 2 nitrogen and oxygen atoms in total. The Morgan fingerprint density at radius 3 is 2.29 bits per heavy atom. The summed E-state index contributed by atoms with van der Waals surface area (Å²) in [6.45, 7) is 2.14. The second-order valence-electron chi connectivity index (χ2n) is 3.40. The minimum absolute atomic E-state index is 0.638. The average molecular weight is 192 g/mol. The fraction of sp³-hybridized carbons (Fsp3) is 0.455. The van der Waals surface area contributed by atoms with Crippen LogP contribution in [-0.2, 0) is 17.5 Å². The van der Waals surface area contributed by atoms with Crippen molar-refractivity contribution in [3.8, 4) is 0 Å². The summed E-state index contributed by atoms with van der Waals surface area (Å²) in [5.41, 5.74) is 2.60. The number of hydrogen-bond acceptors (Lipinski definition) is 2. The lowest BCUT2D eigenvalue weighted by Crippen LogP contribution is -2.15. The van der Waals surface area contributed by atoms with Gasteiger partial charge in [0.25, 0.3) is 0 Å². The molecule has 0 aliphatic carbocycles. The minimum Gasteiger partial charge on any atom is -0.427 e. The molecule has 0 saturated heterocycles. The first-order valence-corrected chi connectivity index (χ1v) is 5.05. The summed E-state index contributed by atoms with van der Waals surface area (Å²) in [5, 5.41) is 9.20. The summed E-state index contributed by atoms with van der Waals surface area (Å²) in [6.07, 6.45) is 2.59. The zero-order chi connectivity index (χ0) is 10.4. The normalized spacial score (nSPS) is 10.2. The zero-order valence-electron chi connectivity index (χ0n) is 8.86. The lowest BCUT2D eigenvalue weighted by Gasteiger charge is -2.04. The molecule has 1 rings (SSSR count). The van der Waals surface area contributed by atoms with Crippen LogP contribution in [0.25, 0.3) is 0 Å². The van der Waals surface area contributed by atoms with Gasteiger partial charge in [0.2, 0.25) is 0 Å². The monoisotopic (exact) mass is 192 g/mol. The van der Waals surface area contributed by atoms with E-state index in [1.54, 1.807) is 0 Å². The largest absolute Gasteiger partial charge is 0.454 e. The van der Waals surface area contributed by atoms with Crippen molar-refractivity contribution < 1.29 is 9.68 Å². The van der Waals surface area contributed by atoms with Crippen LogP contribution in [-0.4, -0.2) is 19.3 Å². The van der Waals surface area contributed by atoms with Crippen LogP contribution in [0.2, 0.25) is 6.32 Å². The predicted octanol–water partition coefficient (Wildman–Crippen LogP) is 1.92. The predicted molar refractivity (Wildman–Crippen MR) is 59.3 cm³/mol. The van der Waals surface area contributed by atoms with Crippen molar-refractivity contribution in [3.05, 3.63) is 35.4 Å². The van der Waals surface area contributed by atoms with E-state index in [1.165, 1.54) is 18.2 Å². The molecule has 0 heterocycles. The maximum atomic E-state index is 9.20. The van der Waals surface area contributed by atoms with Crippen molar-refractivity contribution in [1.82, 2.24) is 0 Å². The highest BCUT2D eigenvalue weighted by atomic mass is 16.5. The molecule has 0 saturated carbocycles. The van der Waals surface area contributed by atoms with Crippen LogP contribution >= 0.6 is 0 Å². The van der Waals surface area contributed by atoms with Crippen molar-refractivity contribution >= 4 is 7.12 Å². The molecule has 0 aromatic heterocycles. The van der Waals surface area contributed by atoms with E-state index in [2.05, 4.69) is 31.2 Å². The Labute approximate surface area is 86.1 Å². The Hall–Kier alpha value is -0.795. The van der Waals surface area contributed by atoms with Gasteiger partial charge in [0.05, 0.1) is 0 Å². The number of aryl methyl sites for hydroxylation is 2. The fourth-order valence-electron chi connectivity index (χ4n) is 1.35.